The topological polar surface area (TPSA) is 12.0 Å². The van der Waals surface area contributed by atoms with Crippen LogP contribution in [0.25, 0.3) is 0 Å². The van der Waals surface area contributed by atoms with Crippen LogP contribution in [0.1, 0.15) is 46.0 Å². The summed E-state index contributed by atoms with van der Waals surface area (Å²) in [7, 11) is 0. The summed E-state index contributed by atoms with van der Waals surface area (Å²) < 4.78 is 0. The Morgan fingerprint density at radius 1 is 1.25 bits per heavy atom. The Balaban J connectivity index is 2.35. The normalized spacial score (nSPS) is 29.5. The molecule has 0 radical (unpaired) electrons. The number of nitrogens with one attached hydrogen (secondary N) is 1. The van der Waals surface area contributed by atoms with Crippen LogP contribution in [-0.2, 0) is 0 Å². The molecule has 0 saturated carbocycles. The Bertz CT molecular complexity index is 119. The quantitative estimate of drug-likeness (QED) is 0.710. The smallest absolute Gasteiger partial charge is 0.0645 e. The fourth-order valence-electron chi connectivity index (χ4n) is 1.89. The average Bonchev–Trinajstić information content (AvgIpc) is 2.51. The van der Waals surface area contributed by atoms with Crippen molar-refractivity contribution in [1.82, 2.24) is 5.32 Å². The SMILES string of the molecule is CCCCC1(CCC)NCCS1. The van der Waals surface area contributed by atoms with Crippen molar-refractivity contribution in [2.75, 3.05) is 12.3 Å². The van der Waals surface area contributed by atoms with E-state index in [0.717, 1.165) is 0 Å². The molecule has 2 heteroatoms. The van der Waals surface area contributed by atoms with Crippen LogP contribution in [-0.4, -0.2) is 17.2 Å². The molecule has 1 nitrogen and oxygen atoms in total. The van der Waals surface area contributed by atoms with Gasteiger partial charge in [-0.05, 0) is 12.8 Å². The molecule has 1 aliphatic heterocycles. The van der Waals surface area contributed by atoms with Gasteiger partial charge >= 0.3 is 0 Å². The van der Waals surface area contributed by atoms with E-state index in [1.54, 1.807) is 0 Å². The molecule has 1 saturated heterocycles. The van der Waals surface area contributed by atoms with Crippen LogP contribution in [0.3, 0.4) is 0 Å². The molecule has 12 heavy (non-hydrogen) atoms. The van der Waals surface area contributed by atoms with Gasteiger partial charge in [0.1, 0.15) is 0 Å². The predicted molar refractivity (Wildman–Crippen MR) is 57.6 cm³/mol. The van der Waals surface area contributed by atoms with Crippen LogP contribution in [0.2, 0.25) is 0 Å². The van der Waals surface area contributed by atoms with E-state index in [2.05, 4.69) is 30.9 Å². The summed E-state index contributed by atoms with van der Waals surface area (Å²) in [5.41, 5.74) is 0. The lowest BCUT2D eigenvalue weighted by Crippen LogP contribution is -2.36. The molecular weight excluding hydrogens is 166 g/mol. The molecule has 0 amide bonds. The number of hydrogen-bond acceptors (Lipinski definition) is 2. The zero-order valence-corrected chi connectivity index (χ0v) is 9.17. The Morgan fingerprint density at radius 3 is 2.58 bits per heavy atom. The summed E-state index contributed by atoms with van der Waals surface area (Å²) in [6.07, 6.45) is 6.72. The highest BCUT2D eigenvalue weighted by Gasteiger charge is 2.31. The highest BCUT2D eigenvalue weighted by molar-refractivity contribution is 8.00. The van der Waals surface area contributed by atoms with Crippen molar-refractivity contribution in [2.45, 2.75) is 50.8 Å². The van der Waals surface area contributed by atoms with Crippen LogP contribution in [0.5, 0.6) is 0 Å². The predicted octanol–water partition coefficient (Wildman–Crippen LogP) is 3.01. The third kappa shape index (κ3) is 2.67. The standard InChI is InChI=1S/C10H21NS/c1-3-5-7-10(6-4-2)11-8-9-12-10/h11H,3-9H2,1-2H3. The van der Waals surface area contributed by atoms with Crippen molar-refractivity contribution in [2.24, 2.45) is 0 Å². The minimum absolute atomic E-state index is 0.463. The van der Waals surface area contributed by atoms with Gasteiger partial charge in [-0.2, -0.15) is 0 Å². The average molecular weight is 187 g/mol. The van der Waals surface area contributed by atoms with Gasteiger partial charge < -0.3 is 5.32 Å². The number of rotatable bonds is 5. The maximum Gasteiger partial charge on any atom is 0.0645 e. The minimum Gasteiger partial charge on any atom is -0.302 e. The molecule has 1 fully saturated rings. The monoisotopic (exact) mass is 187 g/mol. The maximum atomic E-state index is 3.67. The first-order valence-electron chi connectivity index (χ1n) is 5.22. The molecule has 0 spiro atoms. The van der Waals surface area contributed by atoms with Crippen molar-refractivity contribution in [3.05, 3.63) is 0 Å². The van der Waals surface area contributed by atoms with E-state index in [4.69, 9.17) is 0 Å². The third-order valence-electron chi connectivity index (χ3n) is 2.52. The molecule has 1 atom stereocenters. The van der Waals surface area contributed by atoms with E-state index in [1.807, 2.05) is 0 Å². The van der Waals surface area contributed by atoms with Crippen molar-refractivity contribution in [1.29, 1.82) is 0 Å². The lowest BCUT2D eigenvalue weighted by Gasteiger charge is -2.28. The molecule has 0 aromatic carbocycles. The Labute approximate surface area is 80.7 Å². The highest BCUT2D eigenvalue weighted by atomic mass is 32.2. The first-order chi connectivity index (χ1) is 5.83. The summed E-state index contributed by atoms with van der Waals surface area (Å²) in [5.74, 6) is 1.31. The molecule has 0 bridgehead atoms. The zero-order valence-electron chi connectivity index (χ0n) is 8.36. The first kappa shape index (κ1) is 10.4. The molecule has 0 aliphatic carbocycles. The largest absolute Gasteiger partial charge is 0.302 e. The molecule has 1 rings (SSSR count). The Kier molecular flexibility index (Phi) is 4.44. The molecule has 1 aliphatic rings. The fraction of sp³-hybridized carbons (Fsp3) is 1.00. The second-order valence-corrected chi connectivity index (χ2v) is 5.10. The van der Waals surface area contributed by atoms with E-state index in [1.165, 1.54) is 44.4 Å². The van der Waals surface area contributed by atoms with Gasteiger partial charge in [-0.1, -0.05) is 33.1 Å². The van der Waals surface area contributed by atoms with Gasteiger partial charge in [0.2, 0.25) is 0 Å². The lowest BCUT2D eigenvalue weighted by atomic mass is 10.0. The second-order valence-electron chi connectivity index (χ2n) is 3.62. The van der Waals surface area contributed by atoms with E-state index in [9.17, 15) is 0 Å². The van der Waals surface area contributed by atoms with Gasteiger partial charge in [-0.25, -0.2) is 0 Å². The maximum absolute atomic E-state index is 3.67. The van der Waals surface area contributed by atoms with E-state index >= 15 is 0 Å². The molecule has 1 heterocycles. The zero-order chi connectivity index (χ0) is 8.86. The summed E-state index contributed by atoms with van der Waals surface area (Å²) in [6, 6.07) is 0. The summed E-state index contributed by atoms with van der Waals surface area (Å²) in [4.78, 5) is 0.463. The van der Waals surface area contributed by atoms with Gasteiger partial charge in [0, 0.05) is 12.3 Å². The first-order valence-corrected chi connectivity index (χ1v) is 6.20. The van der Waals surface area contributed by atoms with E-state index < -0.39 is 0 Å². The lowest BCUT2D eigenvalue weighted by molar-refractivity contribution is 0.420. The molecule has 0 aromatic heterocycles. The van der Waals surface area contributed by atoms with Crippen molar-refractivity contribution >= 4 is 11.8 Å². The second kappa shape index (κ2) is 5.13. The van der Waals surface area contributed by atoms with Crippen LogP contribution < -0.4 is 5.32 Å². The Morgan fingerprint density at radius 2 is 2.08 bits per heavy atom. The summed E-state index contributed by atoms with van der Waals surface area (Å²) in [5, 5.41) is 3.67. The van der Waals surface area contributed by atoms with Gasteiger partial charge in [-0.3, -0.25) is 0 Å². The van der Waals surface area contributed by atoms with Crippen molar-refractivity contribution < 1.29 is 0 Å². The third-order valence-corrected chi connectivity index (χ3v) is 4.03. The van der Waals surface area contributed by atoms with Crippen molar-refractivity contribution in [3.8, 4) is 0 Å². The highest BCUT2D eigenvalue weighted by Crippen LogP contribution is 2.36. The molecule has 1 N–H and O–H groups in total. The summed E-state index contributed by atoms with van der Waals surface area (Å²) >= 11 is 2.14. The van der Waals surface area contributed by atoms with E-state index in [0.29, 0.717) is 4.87 Å². The molecule has 72 valence electrons. The van der Waals surface area contributed by atoms with Crippen molar-refractivity contribution in [3.63, 3.8) is 0 Å². The summed E-state index contributed by atoms with van der Waals surface area (Å²) in [6.45, 7) is 5.78. The van der Waals surface area contributed by atoms with Gasteiger partial charge in [0.25, 0.3) is 0 Å². The van der Waals surface area contributed by atoms with Crippen LogP contribution >= 0.6 is 11.8 Å². The van der Waals surface area contributed by atoms with Gasteiger partial charge in [0.05, 0.1) is 4.87 Å². The van der Waals surface area contributed by atoms with Crippen LogP contribution in [0.15, 0.2) is 0 Å². The van der Waals surface area contributed by atoms with E-state index in [-0.39, 0.29) is 0 Å². The Hall–Kier alpha value is 0.310. The van der Waals surface area contributed by atoms with Gasteiger partial charge in [0.15, 0.2) is 0 Å². The van der Waals surface area contributed by atoms with Gasteiger partial charge in [-0.15, -0.1) is 11.8 Å². The number of thioether (sulfide) groups is 1. The molecule has 1 unspecified atom stereocenters. The molecular formula is C10H21NS. The van der Waals surface area contributed by atoms with Crippen LogP contribution in [0, 0.1) is 0 Å². The fourth-order valence-corrected chi connectivity index (χ4v) is 3.32. The molecule has 0 aromatic rings. The van der Waals surface area contributed by atoms with Crippen LogP contribution in [0.4, 0.5) is 0 Å². The number of hydrogen-bond donors (Lipinski definition) is 1. The minimum atomic E-state index is 0.463. The number of unbranched alkanes of at least 4 members (excludes halogenated alkanes) is 1.